The van der Waals surface area contributed by atoms with Crippen molar-refractivity contribution in [3.05, 3.63) is 0 Å². The number of carboxylic acids is 2. The zero-order chi connectivity index (χ0) is 20.5. The molecule has 2 heterocycles. The highest BCUT2D eigenvalue weighted by atomic mass is 16.5. The van der Waals surface area contributed by atoms with Crippen LogP contribution in [0.25, 0.3) is 0 Å². The van der Waals surface area contributed by atoms with E-state index in [2.05, 4.69) is 33.5 Å². The standard InChI is InChI=1S/C11H17NO2.C10H15NO3/c13-11(14)7-3-1-4-8-12-9-5-2-6-10-12;12-10(13)4-2-1-3-5-11-6-8-14-9-7-11/h2-3,5-10H2,(H,13,14);2,4-9H2,(H,12,13). The van der Waals surface area contributed by atoms with Gasteiger partial charge in [-0.15, -0.1) is 11.8 Å². The van der Waals surface area contributed by atoms with Crippen LogP contribution in [0.2, 0.25) is 0 Å². The molecule has 7 heteroatoms. The zero-order valence-electron chi connectivity index (χ0n) is 16.6. The summed E-state index contributed by atoms with van der Waals surface area (Å²) < 4.78 is 5.19. The predicted molar refractivity (Wildman–Crippen MR) is 107 cm³/mol. The van der Waals surface area contributed by atoms with Crippen molar-refractivity contribution in [1.29, 1.82) is 0 Å². The van der Waals surface area contributed by atoms with E-state index in [0.717, 1.165) is 52.5 Å². The first-order valence-corrected chi connectivity index (χ1v) is 9.95. The van der Waals surface area contributed by atoms with E-state index in [1.165, 1.54) is 19.3 Å². The van der Waals surface area contributed by atoms with Crippen LogP contribution in [0.5, 0.6) is 0 Å². The molecule has 28 heavy (non-hydrogen) atoms. The molecule has 7 nitrogen and oxygen atoms in total. The van der Waals surface area contributed by atoms with Crippen LogP contribution >= 0.6 is 0 Å². The van der Waals surface area contributed by atoms with E-state index in [1.54, 1.807) is 0 Å². The molecule has 0 aromatic carbocycles. The molecule has 2 saturated heterocycles. The summed E-state index contributed by atoms with van der Waals surface area (Å²) in [7, 11) is 0. The molecule has 0 aromatic heterocycles. The van der Waals surface area contributed by atoms with E-state index in [4.69, 9.17) is 14.9 Å². The summed E-state index contributed by atoms with van der Waals surface area (Å²) in [6.07, 6.45) is 5.10. The number of likely N-dealkylation sites (tertiary alicyclic amines) is 1. The molecule has 0 amide bonds. The number of morpholine rings is 1. The van der Waals surface area contributed by atoms with E-state index >= 15 is 0 Å². The van der Waals surface area contributed by atoms with E-state index in [9.17, 15) is 9.59 Å². The van der Waals surface area contributed by atoms with E-state index in [0.29, 0.717) is 12.8 Å². The summed E-state index contributed by atoms with van der Waals surface area (Å²) in [5.74, 6) is 10.2. The molecule has 2 rings (SSSR count). The lowest BCUT2D eigenvalue weighted by Gasteiger charge is -2.24. The van der Waals surface area contributed by atoms with Crippen molar-refractivity contribution in [2.24, 2.45) is 0 Å². The number of rotatable bonds is 6. The van der Waals surface area contributed by atoms with E-state index in [-0.39, 0.29) is 12.8 Å². The molecular weight excluding hydrogens is 360 g/mol. The van der Waals surface area contributed by atoms with Crippen molar-refractivity contribution >= 4 is 11.9 Å². The van der Waals surface area contributed by atoms with Crippen LogP contribution in [0.1, 0.15) is 44.9 Å². The Hall–Kier alpha value is -2.06. The summed E-state index contributed by atoms with van der Waals surface area (Å²) in [4.78, 5) is 24.9. The van der Waals surface area contributed by atoms with Crippen molar-refractivity contribution in [2.45, 2.75) is 44.9 Å². The van der Waals surface area contributed by atoms with Gasteiger partial charge in [0.2, 0.25) is 0 Å². The second kappa shape index (κ2) is 15.9. The maximum absolute atomic E-state index is 10.2. The number of hydrogen-bond donors (Lipinski definition) is 2. The van der Waals surface area contributed by atoms with Crippen LogP contribution in [-0.4, -0.2) is 84.4 Å². The van der Waals surface area contributed by atoms with Gasteiger partial charge in [-0.3, -0.25) is 19.4 Å². The lowest BCUT2D eigenvalue weighted by atomic mass is 10.1. The van der Waals surface area contributed by atoms with Crippen LogP contribution < -0.4 is 0 Å². The topological polar surface area (TPSA) is 90.3 Å². The van der Waals surface area contributed by atoms with Crippen LogP contribution in [-0.2, 0) is 14.3 Å². The molecule has 0 radical (unpaired) electrons. The van der Waals surface area contributed by atoms with Gasteiger partial charge < -0.3 is 14.9 Å². The third-order valence-electron chi connectivity index (χ3n) is 4.34. The first-order valence-electron chi connectivity index (χ1n) is 9.95. The molecule has 0 aromatic rings. The molecule has 2 N–H and O–H groups in total. The Labute approximate surface area is 168 Å². The second-order valence-electron chi connectivity index (χ2n) is 6.72. The van der Waals surface area contributed by atoms with Gasteiger partial charge in [-0.25, -0.2) is 0 Å². The van der Waals surface area contributed by atoms with Gasteiger partial charge in [0, 0.05) is 25.9 Å². The summed E-state index contributed by atoms with van der Waals surface area (Å²) in [6, 6.07) is 0. The van der Waals surface area contributed by atoms with Gasteiger partial charge in [-0.1, -0.05) is 18.3 Å². The minimum Gasteiger partial charge on any atom is -0.481 e. The van der Waals surface area contributed by atoms with E-state index in [1.807, 2.05) is 0 Å². The average molecular weight is 392 g/mol. The summed E-state index contributed by atoms with van der Waals surface area (Å²) in [6.45, 7) is 7.22. The number of aliphatic carboxylic acids is 2. The highest BCUT2D eigenvalue weighted by Crippen LogP contribution is 2.07. The lowest BCUT2D eigenvalue weighted by molar-refractivity contribution is -0.137. The van der Waals surface area contributed by atoms with Gasteiger partial charge in [0.05, 0.1) is 39.1 Å². The number of carbonyl (C=O) groups is 2. The smallest absolute Gasteiger partial charge is 0.304 e. The Kier molecular flexibility index (Phi) is 13.7. The van der Waals surface area contributed by atoms with Gasteiger partial charge in [-0.2, -0.15) is 0 Å². The molecule has 0 spiro atoms. The van der Waals surface area contributed by atoms with Crippen molar-refractivity contribution in [1.82, 2.24) is 9.80 Å². The van der Waals surface area contributed by atoms with Gasteiger partial charge in [0.1, 0.15) is 0 Å². The Morgan fingerprint density at radius 2 is 1.18 bits per heavy atom. The summed E-state index contributed by atoms with van der Waals surface area (Å²) in [5, 5.41) is 16.8. The van der Waals surface area contributed by atoms with Crippen LogP contribution in [0.15, 0.2) is 0 Å². The van der Waals surface area contributed by atoms with Crippen LogP contribution in [0.3, 0.4) is 0 Å². The SMILES string of the molecule is O=C(O)CCC#CCN1CCCCC1.O=C(O)CCC#CCN1CCOCC1. The fourth-order valence-corrected chi connectivity index (χ4v) is 2.73. The molecule has 0 saturated carbocycles. The van der Waals surface area contributed by atoms with E-state index < -0.39 is 11.9 Å². The number of ether oxygens (including phenoxy) is 1. The van der Waals surface area contributed by atoms with Crippen LogP contribution in [0.4, 0.5) is 0 Å². The molecule has 156 valence electrons. The van der Waals surface area contributed by atoms with Crippen LogP contribution in [0, 0.1) is 23.7 Å². The Bertz CT molecular complexity index is 521. The first-order chi connectivity index (χ1) is 13.6. The molecule has 2 fully saturated rings. The Morgan fingerprint density at radius 3 is 1.64 bits per heavy atom. The second-order valence-corrected chi connectivity index (χ2v) is 6.72. The summed E-state index contributed by atoms with van der Waals surface area (Å²) >= 11 is 0. The highest BCUT2D eigenvalue weighted by molar-refractivity contribution is 5.67. The third kappa shape index (κ3) is 14.1. The molecule has 0 bridgehead atoms. The quantitative estimate of drug-likeness (QED) is 0.663. The Morgan fingerprint density at radius 1 is 0.714 bits per heavy atom. The first kappa shape index (κ1) is 24.0. The zero-order valence-corrected chi connectivity index (χ0v) is 16.6. The van der Waals surface area contributed by atoms with Crippen molar-refractivity contribution in [3.63, 3.8) is 0 Å². The van der Waals surface area contributed by atoms with Crippen molar-refractivity contribution in [3.8, 4) is 23.7 Å². The average Bonchev–Trinajstić information content (AvgIpc) is 2.69. The van der Waals surface area contributed by atoms with Gasteiger partial charge in [-0.05, 0) is 25.9 Å². The monoisotopic (exact) mass is 392 g/mol. The maximum atomic E-state index is 10.2. The summed E-state index contributed by atoms with van der Waals surface area (Å²) in [5.41, 5.74) is 0. The minimum absolute atomic E-state index is 0.135. The molecule has 0 unspecified atom stereocenters. The highest BCUT2D eigenvalue weighted by Gasteiger charge is 2.08. The fraction of sp³-hybridized carbons (Fsp3) is 0.714. The molecule has 2 aliphatic heterocycles. The van der Waals surface area contributed by atoms with Crippen molar-refractivity contribution in [2.75, 3.05) is 52.5 Å². The van der Waals surface area contributed by atoms with Gasteiger partial charge in [0.15, 0.2) is 0 Å². The number of nitrogens with zero attached hydrogens (tertiary/aromatic N) is 2. The van der Waals surface area contributed by atoms with Gasteiger partial charge in [0.25, 0.3) is 0 Å². The normalized spacial score (nSPS) is 17.1. The number of carboxylic acid groups (broad SMARTS) is 2. The number of hydrogen-bond acceptors (Lipinski definition) is 5. The van der Waals surface area contributed by atoms with Gasteiger partial charge >= 0.3 is 11.9 Å². The molecular formula is C21H32N2O5. The minimum atomic E-state index is -0.786. The fourth-order valence-electron chi connectivity index (χ4n) is 2.73. The third-order valence-corrected chi connectivity index (χ3v) is 4.34. The Balaban J connectivity index is 0.000000280. The maximum Gasteiger partial charge on any atom is 0.304 e. The largest absolute Gasteiger partial charge is 0.481 e. The lowest BCUT2D eigenvalue weighted by Crippen LogP contribution is -2.36. The van der Waals surface area contributed by atoms with Crippen molar-refractivity contribution < 1.29 is 24.5 Å². The molecule has 0 aliphatic carbocycles. The predicted octanol–water partition coefficient (Wildman–Crippen LogP) is 1.53. The number of piperidine rings is 1. The molecule has 2 aliphatic rings. The molecule has 0 atom stereocenters.